The van der Waals surface area contributed by atoms with Gasteiger partial charge in [0.15, 0.2) is 0 Å². The van der Waals surface area contributed by atoms with E-state index in [2.05, 4.69) is 0 Å². The van der Waals surface area contributed by atoms with E-state index >= 15 is 0 Å². The second kappa shape index (κ2) is 9.03. The number of guanidine groups is 1. The summed E-state index contributed by atoms with van der Waals surface area (Å²) < 4.78 is 1.34. The van der Waals surface area contributed by atoms with Gasteiger partial charge in [-0.1, -0.05) is 72.5 Å². The Morgan fingerprint density at radius 1 is 0.946 bits per heavy atom. The summed E-state index contributed by atoms with van der Waals surface area (Å²) in [4.78, 5) is 43.7. The lowest BCUT2D eigenvalue weighted by atomic mass is 9.93. The second-order valence-electron chi connectivity index (χ2n) is 8.84. The smallest absolute Gasteiger partial charge is 0.366 e. The maximum absolute atomic E-state index is 14.5. The summed E-state index contributed by atoms with van der Waals surface area (Å²) >= 11 is 0. The van der Waals surface area contributed by atoms with Crippen molar-refractivity contribution in [3.05, 3.63) is 102 Å². The van der Waals surface area contributed by atoms with Gasteiger partial charge in [-0.3, -0.25) is 20.2 Å². The second-order valence-corrected chi connectivity index (χ2v) is 8.84. The lowest BCUT2D eigenvalue weighted by molar-refractivity contribution is -0.524. The topological polar surface area (TPSA) is 130 Å². The zero-order valence-electron chi connectivity index (χ0n) is 19.9. The third-order valence-electron chi connectivity index (χ3n) is 6.43. The predicted octanol–water partition coefficient (Wildman–Crippen LogP) is 0.952. The number of hydrogen-bond donors (Lipinski definition) is 2. The molecule has 2 heterocycles. The first-order chi connectivity index (χ1) is 17.8. The van der Waals surface area contributed by atoms with E-state index in [-0.39, 0.29) is 18.1 Å². The maximum Gasteiger partial charge on any atom is 0.366 e. The van der Waals surface area contributed by atoms with Crippen LogP contribution in [-0.2, 0) is 14.4 Å². The van der Waals surface area contributed by atoms with Gasteiger partial charge in [-0.25, -0.2) is 4.79 Å². The molecule has 1 saturated heterocycles. The summed E-state index contributed by atoms with van der Waals surface area (Å²) in [6.07, 6.45) is -1.11. The molecule has 0 saturated carbocycles. The van der Waals surface area contributed by atoms with Gasteiger partial charge in [-0.15, -0.1) is 0 Å². The third kappa shape index (κ3) is 3.51. The van der Waals surface area contributed by atoms with E-state index in [0.29, 0.717) is 11.4 Å². The molecule has 3 aromatic rings. The monoisotopic (exact) mass is 496 g/mol. The molecule has 2 amide bonds. The molecular formula is C28H24N4O5. The van der Waals surface area contributed by atoms with E-state index in [0.717, 1.165) is 4.90 Å². The Bertz CT molecular complexity index is 1450. The minimum atomic E-state index is -2.25. The highest BCUT2D eigenvalue weighted by Gasteiger charge is 2.72. The van der Waals surface area contributed by atoms with Gasteiger partial charge in [0.25, 0.3) is 17.4 Å². The summed E-state index contributed by atoms with van der Waals surface area (Å²) in [6.45, 7) is 1.04. The number of hydrogen-bond acceptors (Lipinski definition) is 6. The summed E-state index contributed by atoms with van der Waals surface area (Å²) in [5, 5.41) is 24.2. The number of rotatable bonds is 5. The van der Waals surface area contributed by atoms with Gasteiger partial charge in [0, 0.05) is 0 Å². The van der Waals surface area contributed by atoms with Crippen LogP contribution in [0.5, 0.6) is 0 Å². The van der Waals surface area contributed by atoms with Crippen LogP contribution in [-0.4, -0.2) is 56.5 Å². The molecule has 3 N–H and O–H groups in total. The Balaban J connectivity index is 1.91. The molecule has 5 rings (SSSR count). The number of ketones is 1. The maximum atomic E-state index is 14.5. The Labute approximate surface area is 213 Å². The fraction of sp³-hybridized carbons (Fsp3) is 0.143. The molecule has 186 valence electrons. The van der Waals surface area contributed by atoms with Crippen LogP contribution in [0.15, 0.2) is 96.6 Å². The molecular weight excluding hydrogens is 472 g/mol. The first-order valence-electron chi connectivity index (χ1n) is 11.7. The van der Waals surface area contributed by atoms with Crippen LogP contribution in [0.1, 0.15) is 12.5 Å². The van der Waals surface area contributed by atoms with E-state index in [1.807, 2.05) is 0 Å². The van der Waals surface area contributed by atoms with Crippen molar-refractivity contribution in [2.75, 3.05) is 11.4 Å². The first kappa shape index (κ1) is 24.0. The van der Waals surface area contributed by atoms with Crippen LogP contribution < -0.4 is 15.7 Å². The number of β-amino-alcohol motifs (C(OH)–C–C–N with tert-alkyl or cyclic N) is 1. The molecule has 1 spiro atoms. The van der Waals surface area contributed by atoms with Crippen LogP contribution in [0.3, 0.4) is 0 Å². The molecule has 2 atom stereocenters. The fourth-order valence-electron chi connectivity index (χ4n) is 4.94. The third-order valence-corrected chi connectivity index (χ3v) is 6.43. The molecule has 37 heavy (non-hydrogen) atoms. The predicted molar refractivity (Wildman–Crippen MR) is 134 cm³/mol. The van der Waals surface area contributed by atoms with Gasteiger partial charge in [-0.05, 0) is 36.8 Å². The number of carbonyl (C=O) groups is 3. The van der Waals surface area contributed by atoms with Crippen LogP contribution >= 0.6 is 0 Å². The molecule has 2 unspecified atom stereocenters. The highest BCUT2D eigenvalue weighted by molar-refractivity contribution is 6.50. The van der Waals surface area contributed by atoms with E-state index < -0.39 is 40.7 Å². The SMILES string of the molecule is CC(O)CN1C(=O)C(=O)/C(=C(/[O-])c2ccccc2)C12C(=O)N(c1ccccc1)C(N)=[N+]2c1ccccc1. The summed E-state index contributed by atoms with van der Waals surface area (Å²) in [5.41, 5.74) is 4.73. The van der Waals surface area contributed by atoms with Crippen molar-refractivity contribution >= 4 is 40.7 Å². The average Bonchev–Trinajstić information content (AvgIpc) is 3.26. The van der Waals surface area contributed by atoms with Crippen molar-refractivity contribution < 1.29 is 29.2 Å². The lowest BCUT2D eigenvalue weighted by Crippen LogP contribution is -2.60. The summed E-state index contributed by atoms with van der Waals surface area (Å²) in [5.74, 6) is -3.84. The molecule has 3 aromatic carbocycles. The Morgan fingerprint density at radius 2 is 1.49 bits per heavy atom. The number of nitrogens with zero attached hydrogens (tertiary/aromatic N) is 3. The number of nitrogens with two attached hydrogens (primary N) is 1. The largest absolute Gasteiger partial charge is 0.872 e. The standard InChI is InChI=1S/C28H24N4O5/c1-18(33)17-30-25(36)24(35)22(23(34)19-11-5-2-6-12-19)28(30)26(37)31(20-13-7-3-8-14-20)27(29)32(28)21-15-9-4-10-16-21/h2-16,18,29,33H,17H2,1H3,(H,34,35). The average molecular weight is 497 g/mol. The number of carbonyl (C=O) groups excluding carboxylic acids is 3. The van der Waals surface area contributed by atoms with Crippen molar-refractivity contribution in [1.82, 2.24) is 4.90 Å². The van der Waals surface area contributed by atoms with Crippen LogP contribution in [0.25, 0.3) is 5.76 Å². The zero-order chi connectivity index (χ0) is 26.3. The number of amides is 2. The van der Waals surface area contributed by atoms with Gasteiger partial charge in [-0.2, -0.15) is 9.48 Å². The van der Waals surface area contributed by atoms with Crippen molar-refractivity contribution in [1.29, 1.82) is 0 Å². The minimum Gasteiger partial charge on any atom is -0.872 e. The van der Waals surface area contributed by atoms with Crippen LogP contribution in [0.4, 0.5) is 11.4 Å². The molecule has 9 heteroatoms. The zero-order valence-corrected chi connectivity index (χ0v) is 19.9. The highest BCUT2D eigenvalue weighted by Crippen LogP contribution is 2.45. The van der Waals surface area contributed by atoms with Gasteiger partial charge >= 0.3 is 11.9 Å². The van der Waals surface area contributed by atoms with Gasteiger partial charge in [0.05, 0.1) is 18.2 Å². The number of likely N-dealkylation sites (tertiary alicyclic amines) is 1. The molecule has 2 aliphatic rings. The van der Waals surface area contributed by atoms with Crippen LogP contribution in [0, 0.1) is 0 Å². The number of anilines is 1. The lowest BCUT2D eigenvalue weighted by Gasteiger charge is -2.35. The van der Waals surface area contributed by atoms with Crippen molar-refractivity contribution in [2.24, 2.45) is 5.73 Å². The Morgan fingerprint density at radius 3 is 2.05 bits per heavy atom. The van der Waals surface area contributed by atoms with Crippen molar-refractivity contribution in [3.63, 3.8) is 0 Å². The Kier molecular flexibility index (Phi) is 5.85. The molecule has 9 nitrogen and oxygen atoms in total. The number of aliphatic hydroxyl groups excluding tert-OH is 1. The molecule has 0 bridgehead atoms. The molecule has 0 aromatic heterocycles. The van der Waals surface area contributed by atoms with E-state index in [9.17, 15) is 24.6 Å². The van der Waals surface area contributed by atoms with E-state index in [4.69, 9.17) is 5.73 Å². The first-order valence-corrected chi connectivity index (χ1v) is 11.7. The van der Waals surface area contributed by atoms with E-state index in [1.165, 1.54) is 28.5 Å². The van der Waals surface area contributed by atoms with Crippen LogP contribution in [0.2, 0.25) is 0 Å². The number of benzene rings is 3. The van der Waals surface area contributed by atoms with Gasteiger partial charge in [0.1, 0.15) is 11.4 Å². The minimum absolute atomic E-state index is 0.0983. The quantitative estimate of drug-likeness (QED) is 0.234. The normalized spacial score (nSPS) is 21.8. The summed E-state index contributed by atoms with van der Waals surface area (Å²) in [6, 6.07) is 25.0. The van der Waals surface area contributed by atoms with E-state index in [1.54, 1.807) is 78.9 Å². The number of para-hydroxylation sites is 2. The molecule has 0 aliphatic carbocycles. The highest BCUT2D eigenvalue weighted by atomic mass is 16.3. The number of aliphatic hydroxyl groups is 1. The van der Waals surface area contributed by atoms with Crippen molar-refractivity contribution in [2.45, 2.75) is 18.7 Å². The number of Topliss-reactive ketones (excluding diaryl/α,β-unsaturated/α-hetero) is 1. The fourth-order valence-corrected chi connectivity index (χ4v) is 4.94. The molecule has 1 fully saturated rings. The van der Waals surface area contributed by atoms with Gasteiger partial charge in [0.2, 0.25) is 0 Å². The Hall–Kier alpha value is -4.76. The molecule has 2 aliphatic heterocycles. The van der Waals surface area contributed by atoms with Gasteiger partial charge < -0.3 is 10.2 Å². The molecule has 0 radical (unpaired) electrons. The summed E-state index contributed by atoms with van der Waals surface area (Å²) in [7, 11) is 0. The van der Waals surface area contributed by atoms with Crippen molar-refractivity contribution in [3.8, 4) is 0 Å².